The van der Waals surface area contributed by atoms with Crippen molar-refractivity contribution in [3.63, 3.8) is 0 Å². The van der Waals surface area contributed by atoms with Crippen LogP contribution in [0.25, 0.3) is 16.7 Å². The fraction of sp³-hybridized carbons (Fsp3) is 0.0909. The molecule has 0 aliphatic carbocycles. The number of rotatable bonds is 5. The third-order valence-electron chi connectivity index (χ3n) is 4.33. The second-order valence-electron chi connectivity index (χ2n) is 6.36. The molecule has 0 unspecified atom stereocenters. The minimum Gasteiger partial charge on any atom is -0.461 e. The number of hydrogen-bond acceptors (Lipinski definition) is 6. The first kappa shape index (κ1) is 19.1. The van der Waals surface area contributed by atoms with Crippen molar-refractivity contribution < 1.29 is 18.7 Å². The van der Waals surface area contributed by atoms with Gasteiger partial charge in [0.15, 0.2) is 5.69 Å². The van der Waals surface area contributed by atoms with Gasteiger partial charge in [-0.1, -0.05) is 24.3 Å². The highest BCUT2D eigenvalue weighted by Crippen LogP contribution is 2.17. The van der Waals surface area contributed by atoms with Crippen LogP contribution in [0.2, 0.25) is 0 Å². The maximum absolute atomic E-state index is 12.6. The molecule has 4 aromatic rings. The Morgan fingerprint density at radius 3 is 2.77 bits per heavy atom. The number of ether oxygens (including phenoxy) is 1. The molecule has 0 spiro atoms. The Hall–Kier alpha value is -4.20. The van der Waals surface area contributed by atoms with Gasteiger partial charge in [0.25, 0.3) is 5.91 Å². The number of carbonyl (C=O) groups excluding carboxylic acids is 2. The van der Waals surface area contributed by atoms with Crippen LogP contribution in [0, 0.1) is 0 Å². The van der Waals surface area contributed by atoms with E-state index in [1.165, 1.54) is 10.7 Å². The molecule has 2 aromatic carbocycles. The fourth-order valence-electron chi connectivity index (χ4n) is 2.93. The average Bonchev–Trinajstić information content (AvgIpc) is 3.24. The lowest BCUT2D eigenvalue weighted by Gasteiger charge is -2.08. The van der Waals surface area contributed by atoms with Gasteiger partial charge in [0.05, 0.1) is 12.3 Å². The summed E-state index contributed by atoms with van der Waals surface area (Å²) in [6.45, 7) is 1.98. The van der Waals surface area contributed by atoms with E-state index in [9.17, 15) is 14.4 Å². The van der Waals surface area contributed by atoms with Crippen molar-refractivity contribution in [2.24, 2.45) is 0 Å². The fourth-order valence-corrected chi connectivity index (χ4v) is 2.93. The van der Waals surface area contributed by atoms with Gasteiger partial charge in [-0.3, -0.25) is 4.79 Å². The van der Waals surface area contributed by atoms with Crippen molar-refractivity contribution in [3.8, 4) is 5.69 Å². The van der Waals surface area contributed by atoms with E-state index in [0.717, 1.165) is 0 Å². The molecule has 0 saturated heterocycles. The van der Waals surface area contributed by atoms with Gasteiger partial charge in [-0.05, 0) is 43.3 Å². The van der Waals surface area contributed by atoms with E-state index in [-0.39, 0.29) is 17.9 Å². The highest BCUT2D eigenvalue weighted by atomic mass is 16.5. The summed E-state index contributed by atoms with van der Waals surface area (Å²) < 4.78 is 11.6. The van der Waals surface area contributed by atoms with Crippen molar-refractivity contribution in [2.45, 2.75) is 6.92 Å². The second kappa shape index (κ2) is 8.04. The van der Waals surface area contributed by atoms with E-state index in [0.29, 0.717) is 22.3 Å². The number of esters is 1. The molecule has 0 atom stereocenters. The van der Waals surface area contributed by atoms with Crippen molar-refractivity contribution >= 4 is 28.5 Å². The SMILES string of the molecule is CCOC(=O)c1ccn(-c2cccc(NC(=O)c3cc4ccccc4oc3=O)c2)n1. The summed E-state index contributed by atoms with van der Waals surface area (Å²) in [5, 5.41) is 7.53. The predicted molar refractivity (Wildman–Crippen MR) is 110 cm³/mol. The highest BCUT2D eigenvalue weighted by Gasteiger charge is 2.15. The first-order valence-electron chi connectivity index (χ1n) is 9.22. The normalized spacial score (nSPS) is 10.7. The first-order chi connectivity index (χ1) is 14.5. The van der Waals surface area contributed by atoms with Crippen LogP contribution in [0.4, 0.5) is 5.69 Å². The van der Waals surface area contributed by atoms with Gasteiger partial charge in [0.2, 0.25) is 0 Å². The van der Waals surface area contributed by atoms with Gasteiger partial charge in [-0.2, -0.15) is 5.10 Å². The summed E-state index contributed by atoms with van der Waals surface area (Å²) in [4.78, 5) is 36.6. The van der Waals surface area contributed by atoms with E-state index in [1.807, 2.05) is 0 Å². The quantitative estimate of drug-likeness (QED) is 0.405. The third kappa shape index (κ3) is 3.83. The van der Waals surface area contributed by atoms with Crippen LogP contribution in [0.5, 0.6) is 0 Å². The predicted octanol–water partition coefficient (Wildman–Crippen LogP) is 3.41. The molecule has 1 N–H and O–H groups in total. The number of benzene rings is 2. The Labute approximate surface area is 170 Å². The van der Waals surface area contributed by atoms with E-state index >= 15 is 0 Å². The Kier molecular flexibility index (Phi) is 5.13. The topological polar surface area (TPSA) is 103 Å². The van der Waals surface area contributed by atoms with Crippen LogP contribution < -0.4 is 10.9 Å². The molecule has 1 amide bonds. The van der Waals surface area contributed by atoms with Crippen molar-refractivity contribution in [1.82, 2.24) is 9.78 Å². The van der Waals surface area contributed by atoms with Crippen LogP contribution in [0.15, 0.2) is 76.1 Å². The lowest BCUT2D eigenvalue weighted by molar-refractivity contribution is 0.0519. The molecule has 0 radical (unpaired) electrons. The zero-order chi connectivity index (χ0) is 21.1. The number of amides is 1. The maximum atomic E-state index is 12.6. The largest absolute Gasteiger partial charge is 0.461 e. The van der Waals surface area contributed by atoms with E-state index < -0.39 is 17.5 Å². The van der Waals surface area contributed by atoms with Gasteiger partial charge in [0.1, 0.15) is 11.1 Å². The zero-order valence-corrected chi connectivity index (χ0v) is 16.0. The molecule has 0 aliphatic heterocycles. The Morgan fingerprint density at radius 2 is 1.93 bits per heavy atom. The standard InChI is InChI=1S/C22H17N3O5/c1-2-29-22(28)18-10-11-25(24-18)16-8-5-7-15(13-16)23-20(26)17-12-14-6-3-4-9-19(14)30-21(17)27/h3-13H,2H2,1H3,(H,23,26). The summed E-state index contributed by atoms with van der Waals surface area (Å²) in [7, 11) is 0. The zero-order valence-electron chi connectivity index (χ0n) is 16.0. The van der Waals surface area contributed by atoms with Gasteiger partial charge in [-0.15, -0.1) is 0 Å². The van der Waals surface area contributed by atoms with Crippen LogP contribution in [0.3, 0.4) is 0 Å². The number of carbonyl (C=O) groups is 2. The monoisotopic (exact) mass is 403 g/mol. The number of nitrogens with one attached hydrogen (secondary N) is 1. The molecular formula is C22H17N3O5. The molecule has 8 heteroatoms. The minimum atomic E-state index is -0.714. The highest BCUT2D eigenvalue weighted by molar-refractivity contribution is 6.05. The lowest BCUT2D eigenvalue weighted by Crippen LogP contribution is -2.20. The number of nitrogens with zero attached hydrogens (tertiary/aromatic N) is 2. The molecule has 0 aliphatic rings. The van der Waals surface area contributed by atoms with Crippen LogP contribution in [0.1, 0.15) is 27.8 Å². The molecule has 0 fully saturated rings. The molecule has 8 nitrogen and oxygen atoms in total. The van der Waals surface area contributed by atoms with Crippen molar-refractivity contribution in [1.29, 1.82) is 0 Å². The molecule has 0 bridgehead atoms. The molecule has 0 saturated carbocycles. The average molecular weight is 403 g/mol. The molecule has 30 heavy (non-hydrogen) atoms. The summed E-state index contributed by atoms with van der Waals surface area (Å²) in [5.74, 6) is -1.09. The Morgan fingerprint density at radius 1 is 1.10 bits per heavy atom. The second-order valence-corrected chi connectivity index (χ2v) is 6.36. The molecule has 150 valence electrons. The van der Waals surface area contributed by atoms with Crippen LogP contribution in [-0.2, 0) is 4.74 Å². The number of fused-ring (bicyclic) bond motifs is 1. The summed E-state index contributed by atoms with van der Waals surface area (Å²) >= 11 is 0. The third-order valence-corrected chi connectivity index (χ3v) is 4.33. The molecule has 4 rings (SSSR count). The summed E-state index contributed by atoms with van der Waals surface area (Å²) in [6.07, 6.45) is 1.62. The van der Waals surface area contributed by atoms with Crippen molar-refractivity contribution in [3.05, 3.63) is 88.5 Å². The number of anilines is 1. The first-order valence-corrected chi connectivity index (χ1v) is 9.22. The number of hydrogen-bond donors (Lipinski definition) is 1. The van der Waals surface area contributed by atoms with Gasteiger partial charge in [0, 0.05) is 17.3 Å². The minimum absolute atomic E-state index is 0.0946. The van der Waals surface area contributed by atoms with E-state index in [2.05, 4.69) is 10.4 Å². The van der Waals surface area contributed by atoms with E-state index in [4.69, 9.17) is 9.15 Å². The Bertz CT molecular complexity index is 1310. The summed E-state index contributed by atoms with van der Waals surface area (Å²) in [5.41, 5.74) is 0.862. The molecule has 2 heterocycles. The number of aromatic nitrogens is 2. The molecular weight excluding hydrogens is 386 g/mol. The van der Waals surface area contributed by atoms with Gasteiger partial charge < -0.3 is 14.5 Å². The maximum Gasteiger partial charge on any atom is 0.358 e. The number of para-hydroxylation sites is 1. The smallest absolute Gasteiger partial charge is 0.358 e. The lowest BCUT2D eigenvalue weighted by atomic mass is 10.1. The van der Waals surface area contributed by atoms with Crippen molar-refractivity contribution in [2.75, 3.05) is 11.9 Å². The van der Waals surface area contributed by atoms with Gasteiger partial charge in [-0.25, -0.2) is 14.3 Å². The Balaban J connectivity index is 1.58. The van der Waals surface area contributed by atoms with E-state index in [1.54, 1.807) is 67.7 Å². The summed E-state index contributed by atoms with van der Waals surface area (Å²) in [6, 6.07) is 16.8. The van der Waals surface area contributed by atoms with Crippen LogP contribution >= 0.6 is 0 Å². The van der Waals surface area contributed by atoms with Gasteiger partial charge >= 0.3 is 11.6 Å². The molecule has 2 aromatic heterocycles. The van der Waals surface area contributed by atoms with Crippen LogP contribution in [-0.4, -0.2) is 28.3 Å².